The lowest BCUT2D eigenvalue weighted by Gasteiger charge is -2.08. The zero-order chi connectivity index (χ0) is 13.2. The van der Waals surface area contributed by atoms with Crippen molar-refractivity contribution in [1.29, 1.82) is 0 Å². The average molecular weight is 267 g/mol. The third-order valence-electron chi connectivity index (χ3n) is 2.22. The Bertz CT molecular complexity index is 671. The number of phenolic OH excluding ortho intramolecular Hbond substituents is 1. The molecule has 0 aliphatic rings. The number of nitrogens with one attached hydrogen (secondary N) is 1. The normalized spacial score (nSPS) is 11.2. The van der Waals surface area contributed by atoms with Crippen LogP contribution in [0.1, 0.15) is 0 Å². The first-order valence-corrected chi connectivity index (χ1v) is 6.54. The molecule has 18 heavy (non-hydrogen) atoms. The van der Waals surface area contributed by atoms with E-state index in [0.717, 1.165) is 6.07 Å². The summed E-state index contributed by atoms with van der Waals surface area (Å²) in [7, 11) is -4.00. The van der Waals surface area contributed by atoms with Crippen molar-refractivity contribution in [2.24, 2.45) is 0 Å². The van der Waals surface area contributed by atoms with E-state index in [-0.39, 0.29) is 11.4 Å². The van der Waals surface area contributed by atoms with Crippen molar-refractivity contribution >= 4 is 15.7 Å². The number of anilines is 1. The Morgan fingerprint density at radius 2 is 1.78 bits per heavy atom. The summed E-state index contributed by atoms with van der Waals surface area (Å²) in [5.41, 5.74) is 0.165. The predicted molar refractivity (Wildman–Crippen MR) is 65.3 cm³/mol. The fourth-order valence-corrected chi connectivity index (χ4v) is 2.57. The molecule has 2 aromatic rings. The number of sulfonamides is 1. The number of benzene rings is 2. The van der Waals surface area contributed by atoms with Crippen LogP contribution in [0.5, 0.6) is 5.75 Å². The second-order valence-corrected chi connectivity index (χ2v) is 5.24. The second-order valence-electron chi connectivity index (χ2n) is 3.59. The number of hydrogen-bond donors (Lipinski definition) is 2. The first kappa shape index (κ1) is 12.4. The van der Waals surface area contributed by atoms with E-state index < -0.39 is 20.7 Å². The summed E-state index contributed by atoms with van der Waals surface area (Å²) in [5, 5.41) is 9.23. The third kappa shape index (κ3) is 2.60. The van der Waals surface area contributed by atoms with Gasteiger partial charge in [0, 0.05) is 6.07 Å². The molecule has 0 atom stereocenters. The van der Waals surface area contributed by atoms with Gasteiger partial charge in [-0.1, -0.05) is 18.2 Å². The summed E-state index contributed by atoms with van der Waals surface area (Å²) in [6, 6.07) is 10.6. The molecule has 0 saturated carbocycles. The van der Waals surface area contributed by atoms with Crippen LogP contribution in [-0.4, -0.2) is 13.5 Å². The number of hydrogen-bond acceptors (Lipinski definition) is 3. The summed E-state index contributed by atoms with van der Waals surface area (Å²) in [4.78, 5) is -0.437. The van der Waals surface area contributed by atoms with Gasteiger partial charge in [0.1, 0.15) is 16.5 Å². The van der Waals surface area contributed by atoms with Crippen LogP contribution >= 0.6 is 0 Å². The van der Waals surface area contributed by atoms with Gasteiger partial charge in [0.2, 0.25) is 0 Å². The Kier molecular flexibility index (Phi) is 3.20. The van der Waals surface area contributed by atoms with Crippen LogP contribution in [0.4, 0.5) is 10.1 Å². The van der Waals surface area contributed by atoms with Crippen LogP contribution in [0.15, 0.2) is 53.4 Å². The summed E-state index contributed by atoms with van der Waals surface area (Å²) in [6.07, 6.45) is 0. The molecule has 6 heteroatoms. The van der Waals surface area contributed by atoms with Gasteiger partial charge in [-0.3, -0.25) is 4.72 Å². The molecule has 0 amide bonds. The van der Waals surface area contributed by atoms with Crippen LogP contribution < -0.4 is 4.72 Å². The Morgan fingerprint density at radius 1 is 1.06 bits per heavy atom. The van der Waals surface area contributed by atoms with E-state index in [0.29, 0.717) is 0 Å². The monoisotopic (exact) mass is 267 g/mol. The summed E-state index contributed by atoms with van der Waals surface area (Å²) >= 11 is 0. The number of aromatic hydroxyl groups is 1. The van der Waals surface area contributed by atoms with Gasteiger partial charge >= 0.3 is 0 Å². The van der Waals surface area contributed by atoms with Gasteiger partial charge < -0.3 is 5.11 Å². The highest BCUT2D eigenvalue weighted by molar-refractivity contribution is 7.92. The van der Waals surface area contributed by atoms with Gasteiger partial charge in [-0.25, -0.2) is 12.8 Å². The molecule has 0 aliphatic carbocycles. The smallest absolute Gasteiger partial charge is 0.264 e. The van der Waals surface area contributed by atoms with Gasteiger partial charge in [0.15, 0.2) is 0 Å². The number of halogens is 1. The van der Waals surface area contributed by atoms with Crippen molar-refractivity contribution < 1.29 is 17.9 Å². The second kappa shape index (κ2) is 4.66. The van der Waals surface area contributed by atoms with Crippen molar-refractivity contribution in [2.75, 3.05) is 4.72 Å². The molecule has 94 valence electrons. The van der Waals surface area contributed by atoms with E-state index in [4.69, 9.17) is 0 Å². The van der Waals surface area contributed by atoms with E-state index in [1.807, 2.05) is 0 Å². The molecule has 2 rings (SSSR count). The molecule has 0 bridgehead atoms. The first-order valence-electron chi connectivity index (χ1n) is 5.05. The van der Waals surface area contributed by atoms with Gasteiger partial charge in [-0.15, -0.1) is 0 Å². The lowest BCUT2D eigenvalue weighted by atomic mass is 10.3. The Balaban J connectivity index is 2.37. The Labute approximate surface area is 104 Å². The van der Waals surface area contributed by atoms with E-state index in [9.17, 15) is 17.9 Å². The van der Waals surface area contributed by atoms with Crippen molar-refractivity contribution in [2.45, 2.75) is 4.90 Å². The van der Waals surface area contributed by atoms with E-state index in [1.165, 1.54) is 42.5 Å². The molecule has 0 fully saturated rings. The standard InChI is InChI=1S/C12H10FNO3S/c13-11-6-1-2-7-12(11)18(16,17)14-9-4-3-5-10(15)8-9/h1-8,14-15H. The van der Waals surface area contributed by atoms with Crippen LogP contribution in [0.2, 0.25) is 0 Å². The highest BCUT2D eigenvalue weighted by Crippen LogP contribution is 2.21. The maximum Gasteiger partial charge on any atom is 0.264 e. The molecule has 0 aliphatic heterocycles. The van der Waals surface area contributed by atoms with Crippen LogP contribution in [0.3, 0.4) is 0 Å². The molecule has 4 nitrogen and oxygen atoms in total. The third-order valence-corrected chi connectivity index (χ3v) is 3.64. The summed E-state index contributed by atoms with van der Waals surface area (Å²) in [6.45, 7) is 0. The number of rotatable bonds is 3. The summed E-state index contributed by atoms with van der Waals surface area (Å²) in [5.74, 6) is -0.908. The molecular weight excluding hydrogens is 257 g/mol. The lowest BCUT2D eigenvalue weighted by molar-refractivity contribution is 0.475. The van der Waals surface area contributed by atoms with Gasteiger partial charge in [-0.05, 0) is 24.3 Å². The molecular formula is C12H10FNO3S. The van der Waals surface area contributed by atoms with Crippen molar-refractivity contribution in [3.63, 3.8) is 0 Å². The Morgan fingerprint density at radius 3 is 2.44 bits per heavy atom. The summed E-state index contributed by atoms with van der Waals surface area (Å²) < 4.78 is 39.4. The minimum absolute atomic E-state index is 0.0799. The lowest BCUT2D eigenvalue weighted by Crippen LogP contribution is -2.14. The molecule has 0 unspecified atom stereocenters. The highest BCUT2D eigenvalue weighted by atomic mass is 32.2. The Hall–Kier alpha value is -2.08. The van der Waals surface area contributed by atoms with Crippen molar-refractivity contribution in [1.82, 2.24) is 0 Å². The largest absolute Gasteiger partial charge is 0.508 e. The minimum atomic E-state index is -4.00. The van der Waals surface area contributed by atoms with Gasteiger partial charge in [-0.2, -0.15) is 0 Å². The van der Waals surface area contributed by atoms with Crippen LogP contribution in [-0.2, 0) is 10.0 Å². The molecule has 0 aromatic heterocycles. The predicted octanol–water partition coefficient (Wildman–Crippen LogP) is 2.33. The molecule has 2 N–H and O–H groups in total. The van der Waals surface area contributed by atoms with Crippen LogP contribution in [0, 0.1) is 5.82 Å². The highest BCUT2D eigenvalue weighted by Gasteiger charge is 2.18. The SMILES string of the molecule is O=S(=O)(Nc1cccc(O)c1)c1ccccc1F. The van der Waals surface area contributed by atoms with E-state index in [2.05, 4.69) is 4.72 Å². The molecule has 0 radical (unpaired) electrons. The molecule has 0 saturated heterocycles. The minimum Gasteiger partial charge on any atom is -0.508 e. The molecule has 0 spiro atoms. The topological polar surface area (TPSA) is 66.4 Å². The average Bonchev–Trinajstić information content (AvgIpc) is 2.28. The fourth-order valence-electron chi connectivity index (χ4n) is 1.44. The number of phenols is 1. The fraction of sp³-hybridized carbons (Fsp3) is 0. The first-order chi connectivity index (χ1) is 8.49. The molecule has 0 heterocycles. The maximum atomic E-state index is 13.4. The van der Waals surface area contributed by atoms with E-state index >= 15 is 0 Å². The molecule has 2 aromatic carbocycles. The van der Waals surface area contributed by atoms with Gasteiger partial charge in [0.05, 0.1) is 5.69 Å². The van der Waals surface area contributed by atoms with Crippen LogP contribution in [0.25, 0.3) is 0 Å². The quantitative estimate of drug-likeness (QED) is 0.897. The zero-order valence-electron chi connectivity index (χ0n) is 9.17. The van der Waals surface area contributed by atoms with E-state index in [1.54, 1.807) is 0 Å². The van der Waals surface area contributed by atoms with Gasteiger partial charge in [0.25, 0.3) is 10.0 Å². The van der Waals surface area contributed by atoms with Crippen molar-refractivity contribution in [3.05, 3.63) is 54.3 Å². The zero-order valence-corrected chi connectivity index (χ0v) is 9.99. The maximum absolute atomic E-state index is 13.4. The van der Waals surface area contributed by atoms with Crippen molar-refractivity contribution in [3.8, 4) is 5.75 Å².